The van der Waals surface area contributed by atoms with Gasteiger partial charge in [0.15, 0.2) is 0 Å². The molecule has 0 atom stereocenters. The number of aromatic amines is 2. The monoisotopic (exact) mass is 377 g/mol. The number of furan rings is 1. The highest BCUT2D eigenvalue weighted by Gasteiger charge is 2.40. The van der Waals surface area contributed by atoms with Crippen LogP contribution in [0.15, 0.2) is 45.7 Å². The van der Waals surface area contributed by atoms with Crippen molar-refractivity contribution in [2.24, 2.45) is 0 Å². The Morgan fingerprint density at radius 3 is 2.74 bits per heavy atom. The van der Waals surface area contributed by atoms with Gasteiger partial charge in [-0.05, 0) is 18.6 Å². The summed E-state index contributed by atoms with van der Waals surface area (Å²) < 4.78 is 44.9. The van der Waals surface area contributed by atoms with E-state index >= 15 is 0 Å². The van der Waals surface area contributed by atoms with Crippen LogP contribution in [0.4, 0.5) is 13.2 Å². The Morgan fingerprint density at radius 1 is 1.26 bits per heavy atom. The van der Waals surface area contributed by atoms with E-state index < -0.39 is 29.2 Å². The molecule has 3 N–H and O–H groups in total. The summed E-state index contributed by atoms with van der Waals surface area (Å²) in [6, 6.07) is 8.51. The van der Waals surface area contributed by atoms with Crippen molar-refractivity contribution < 1.29 is 22.7 Å². The maximum Gasteiger partial charge on any atom is 0.451 e. The Labute approximate surface area is 149 Å². The molecule has 0 fully saturated rings. The Balaban J connectivity index is 1.81. The zero-order valence-electron chi connectivity index (χ0n) is 14.0. The Hall–Kier alpha value is -3.36. The quantitative estimate of drug-likeness (QED) is 0.507. The van der Waals surface area contributed by atoms with Crippen molar-refractivity contribution in [1.82, 2.24) is 14.5 Å². The molecule has 0 aliphatic rings. The van der Waals surface area contributed by atoms with Crippen molar-refractivity contribution in [3.63, 3.8) is 0 Å². The summed E-state index contributed by atoms with van der Waals surface area (Å²) in [6.45, 7) is 1.33. The average molecular weight is 377 g/mol. The van der Waals surface area contributed by atoms with Gasteiger partial charge in [-0.25, -0.2) is 9.36 Å². The number of H-pyrrole nitrogens is 2. The molecule has 0 amide bonds. The molecule has 3 aromatic heterocycles. The lowest BCUT2D eigenvalue weighted by atomic mass is 10.1. The Kier molecular flexibility index (Phi) is 3.69. The predicted molar refractivity (Wildman–Crippen MR) is 91.2 cm³/mol. The number of aromatic nitrogens is 3. The number of fused-ring (bicyclic) bond motifs is 1. The number of hydrogen-bond donors (Lipinski definition) is 3. The van der Waals surface area contributed by atoms with Crippen LogP contribution >= 0.6 is 0 Å². The van der Waals surface area contributed by atoms with Gasteiger partial charge in [0.2, 0.25) is 11.6 Å². The van der Waals surface area contributed by atoms with Crippen LogP contribution in [-0.2, 0) is 12.6 Å². The number of benzene rings is 1. The molecule has 27 heavy (non-hydrogen) atoms. The molecule has 0 radical (unpaired) electrons. The summed E-state index contributed by atoms with van der Waals surface area (Å²) in [5.74, 6) is -1.95. The van der Waals surface area contributed by atoms with Crippen LogP contribution in [0.5, 0.6) is 5.88 Å². The number of aromatic hydroxyl groups is 1. The SMILES string of the molecule is Cc1cc(-n2c(O)c(Cc3c[nH]c4ccccc34)[nH]c2=O)c(C(F)(F)F)o1. The lowest BCUT2D eigenvalue weighted by Gasteiger charge is -2.07. The van der Waals surface area contributed by atoms with Gasteiger partial charge < -0.3 is 19.5 Å². The van der Waals surface area contributed by atoms with E-state index in [1.165, 1.54) is 6.92 Å². The van der Waals surface area contributed by atoms with Gasteiger partial charge in [-0.3, -0.25) is 0 Å². The molecule has 1 aromatic carbocycles. The van der Waals surface area contributed by atoms with E-state index in [9.17, 15) is 23.1 Å². The molecule has 6 nitrogen and oxygen atoms in total. The third-order valence-electron chi connectivity index (χ3n) is 4.32. The van der Waals surface area contributed by atoms with Crippen LogP contribution in [0.3, 0.4) is 0 Å². The number of alkyl halides is 3. The summed E-state index contributed by atoms with van der Waals surface area (Å²) in [5, 5.41) is 11.3. The van der Waals surface area contributed by atoms with Gasteiger partial charge in [0.25, 0.3) is 0 Å². The normalized spacial score (nSPS) is 12.1. The lowest BCUT2D eigenvalue weighted by molar-refractivity contribution is -0.153. The zero-order chi connectivity index (χ0) is 19.3. The van der Waals surface area contributed by atoms with Crippen LogP contribution < -0.4 is 5.69 Å². The van der Waals surface area contributed by atoms with Crippen LogP contribution in [0.25, 0.3) is 16.6 Å². The molecule has 0 aliphatic carbocycles. The Morgan fingerprint density at radius 2 is 2.00 bits per heavy atom. The second kappa shape index (κ2) is 5.83. The smallest absolute Gasteiger partial charge is 0.451 e. The minimum absolute atomic E-state index is 0.0250. The average Bonchev–Trinajstić information content (AvgIpc) is 3.25. The maximum atomic E-state index is 13.2. The van der Waals surface area contributed by atoms with Crippen LogP contribution in [0, 0.1) is 6.92 Å². The minimum Gasteiger partial charge on any atom is -0.493 e. The zero-order valence-corrected chi connectivity index (χ0v) is 14.0. The largest absolute Gasteiger partial charge is 0.493 e. The molecule has 140 valence electrons. The first-order chi connectivity index (χ1) is 12.8. The standard InChI is InChI=1S/C18H14F3N3O3/c1-9-6-14(15(27-9)18(19,20)21)24-16(25)13(23-17(24)26)7-10-8-22-12-5-3-2-4-11(10)12/h2-6,8,22,25H,7H2,1H3,(H,23,26). The summed E-state index contributed by atoms with van der Waals surface area (Å²) in [6.07, 6.45) is -2.94. The third kappa shape index (κ3) is 2.80. The number of aryl methyl sites for hydroxylation is 1. The number of para-hydroxylation sites is 1. The van der Waals surface area contributed by atoms with Crippen molar-refractivity contribution >= 4 is 10.9 Å². The fourth-order valence-corrected chi connectivity index (χ4v) is 3.16. The molecule has 0 aliphatic heterocycles. The third-order valence-corrected chi connectivity index (χ3v) is 4.32. The van der Waals surface area contributed by atoms with E-state index in [1.54, 1.807) is 6.20 Å². The summed E-state index contributed by atoms with van der Waals surface area (Å²) in [5.41, 5.74) is 0.335. The van der Waals surface area contributed by atoms with Crippen molar-refractivity contribution in [2.45, 2.75) is 19.5 Å². The van der Waals surface area contributed by atoms with E-state index in [4.69, 9.17) is 4.42 Å². The number of halogens is 3. The van der Waals surface area contributed by atoms with Crippen molar-refractivity contribution in [1.29, 1.82) is 0 Å². The predicted octanol–water partition coefficient (Wildman–Crippen LogP) is 3.86. The molecule has 0 bridgehead atoms. The highest BCUT2D eigenvalue weighted by Crippen LogP contribution is 2.37. The molecule has 4 aromatic rings. The van der Waals surface area contributed by atoms with E-state index in [1.807, 2.05) is 24.3 Å². The topological polar surface area (TPSA) is 87.0 Å². The molecule has 0 saturated heterocycles. The maximum absolute atomic E-state index is 13.2. The van der Waals surface area contributed by atoms with E-state index in [-0.39, 0.29) is 17.9 Å². The number of nitrogens with zero attached hydrogens (tertiary/aromatic N) is 1. The molecule has 0 saturated carbocycles. The van der Waals surface area contributed by atoms with Gasteiger partial charge in [0, 0.05) is 29.6 Å². The van der Waals surface area contributed by atoms with Gasteiger partial charge in [-0.15, -0.1) is 0 Å². The summed E-state index contributed by atoms with van der Waals surface area (Å²) in [7, 11) is 0. The molecule has 9 heteroatoms. The highest BCUT2D eigenvalue weighted by molar-refractivity contribution is 5.83. The number of nitrogens with one attached hydrogen (secondary N) is 2. The van der Waals surface area contributed by atoms with E-state index in [2.05, 4.69) is 9.97 Å². The lowest BCUT2D eigenvalue weighted by Crippen LogP contribution is -2.17. The molecular weight excluding hydrogens is 363 g/mol. The molecule has 3 heterocycles. The molecule has 0 unspecified atom stereocenters. The molecule has 0 spiro atoms. The van der Waals surface area contributed by atoms with Crippen molar-refractivity contribution in [3.05, 3.63) is 69.8 Å². The highest BCUT2D eigenvalue weighted by atomic mass is 19.4. The first-order valence-corrected chi connectivity index (χ1v) is 8.01. The van der Waals surface area contributed by atoms with Gasteiger partial charge in [0.1, 0.15) is 11.4 Å². The van der Waals surface area contributed by atoms with Crippen molar-refractivity contribution in [3.8, 4) is 11.6 Å². The molecule has 4 rings (SSSR count). The Bertz CT molecular complexity index is 1190. The van der Waals surface area contributed by atoms with Crippen LogP contribution in [0.1, 0.15) is 22.8 Å². The van der Waals surface area contributed by atoms with Gasteiger partial charge in [-0.1, -0.05) is 18.2 Å². The van der Waals surface area contributed by atoms with Gasteiger partial charge >= 0.3 is 11.9 Å². The first-order valence-electron chi connectivity index (χ1n) is 8.01. The minimum atomic E-state index is -4.80. The number of rotatable bonds is 3. The summed E-state index contributed by atoms with van der Waals surface area (Å²) in [4.78, 5) is 17.8. The number of hydrogen-bond acceptors (Lipinski definition) is 3. The first kappa shape index (κ1) is 17.1. The second-order valence-electron chi connectivity index (χ2n) is 6.17. The van der Waals surface area contributed by atoms with E-state index in [0.29, 0.717) is 4.57 Å². The van der Waals surface area contributed by atoms with Gasteiger partial charge in [0.05, 0.1) is 5.69 Å². The van der Waals surface area contributed by atoms with Crippen molar-refractivity contribution in [2.75, 3.05) is 0 Å². The second-order valence-corrected chi connectivity index (χ2v) is 6.17. The van der Waals surface area contributed by atoms with Crippen LogP contribution in [-0.4, -0.2) is 19.6 Å². The van der Waals surface area contributed by atoms with E-state index in [0.717, 1.165) is 22.5 Å². The number of imidazole rings is 1. The fraction of sp³-hybridized carbons (Fsp3) is 0.167. The van der Waals surface area contributed by atoms with Gasteiger partial charge in [-0.2, -0.15) is 13.2 Å². The van der Waals surface area contributed by atoms with Crippen LogP contribution in [0.2, 0.25) is 0 Å². The fourth-order valence-electron chi connectivity index (χ4n) is 3.16. The molecular formula is C18H14F3N3O3. The summed E-state index contributed by atoms with van der Waals surface area (Å²) >= 11 is 0.